The van der Waals surface area contributed by atoms with Crippen molar-refractivity contribution in [2.75, 3.05) is 5.32 Å². The Bertz CT molecular complexity index is 1250. The molecule has 0 radical (unpaired) electrons. The molecular weight excluding hydrogens is 454 g/mol. The summed E-state index contributed by atoms with van der Waals surface area (Å²) in [7, 11) is 0. The van der Waals surface area contributed by atoms with Crippen LogP contribution >= 0.6 is 15.9 Å². The lowest BCUT2D eigenvalue weighted by atomic mass is 10.1. The van der Waals surface area contributed by atoms with Crippen molar-refractivity contribution in [2.24, 2.45) is 0 Å². The number of benzene rings is 3. The number of hydrogen-bond acceptors (Lipinski definition) is 2. The van der Waals surface area contributed by atoms with E-state index in [1.165, 1.54) is 0 Å². The molecule has 0 atom stereocenters. The van der Waals surface area contributed by atoms with Crippen molar-refractivity contribution in [3.8, 4) is 0 Å². The molecule has 0 aliphatic heterocycles. The van der Waals surface area contributed by atoms with Gasteiger partial charge in [-0.15, -0.1) is 0 Å². The van der Waals surface area contributed by atoms with Crippen LogP contribution in [0.1, 0.15) is 27.2 Å². The van der Waals surface area contributed by atoms with Gasteiger partial charge < -0.3 is 15.6 Å². The van der Waals surface area contributed by atoms with E-state index >= 15 is 0 Å². The Morgan fingerprint density at radius 3 is 2.58 bits per heavy atom. The van der Waals surface area contributed by atoms with Crippen LogP contribution in [0.4, 0.5) is 5.69 Å². The Balaban J connectivity index is 1.40. The van der Waals surface area contributed by atoms with E-state index in [4.69, 9.17) is 0 Å². The molecule has 1 heterocycles. The first kappa shape index (κ1) is 20.9. The molecule has 0 spiro atoms. The van der Waals surface area contributed by atoms with Crippen LogP contribution in [-0.4, -0.2) is 16.8 Å². The first-order valence-electron chi connectivity index (χ1n) is 9.98. The van der Waals surface area contributed by atoms with Crippen LogP contribution in [0.25, 0.3) is 10.9 Å². The summed E-state index contributed by atoms with van der Waals surface area (Å²) in [4.78, 5) is 28.4. The number of hydrogen-bond donors (Lipinski definition) is 3. The van der Waals surface area contributed by atoms with Gasteiger partial charge in [0.05, 0.1) is 6.42 Å². The molecule has 0 saturated heterocycles. The highest BCUT2D eigenvalue weighted by molar-refractivity contribution is 9.10. The molecule has 0 bridgehead atoms. The lowest BCUT2D eigenvalue weighted by molar-refractivity contribution is -0.120. The van der Waals surface area contributed by atoms with E-state index in [0.717, 1.165) is 37.9 Å². The molecule has 156 valence electrons. The van der Waals surface area contributed by atoms with Crippen molar-refractivity contribution in [1.29, 1.82) is 0 Å². The number of carbonyl (C=O) groups excluding carboxylic acids is 2. The highest BCUT2D eigenvalue weighted by atomic mass is 79.9. The summed E-state index contributed by atoms with van der Waals surface area (Å²) in [5.41, 5.74) is 5.15. The SMILES string of the molecule is Cc1[nH]c2ccc(Br)cc2c1CC(=O)NCc1cccc(C(=O)Nc2ccccc2)c1. The number of nitrogens with one attached hydrogen (secondary N) is 3. The number of para-hydroxylation sites is 1. The number of aromatic amines is 1. The Hall–Kier alpha value is -3.38. The number of anilines is 1. The van der Waals surface area contributed by atoms with Gasteiger partial charge in [-0.3, -0.25) is 9.59 Å². The number of H-pyrrole nitrogens is 1. The molecule has 1 aromatic heterocycles. The predicted octanol–water partition coefficient (Wildman–Crippen LogP) is 5.35. The first-order chi connectivity index (χ1) is 15.0. The van der Waals surface area contributed by atoms with E-state index in [9.17, 15) is 9.59 Å². The summed E-state index contributed by atoms with van der Waals surface area (Å²) < 4.78 is 0.978. The third-order valence-electron chi connectivity index (χ3n) is 5.13. The number of carbonyl (C=O) groups is 2. The Morgan fingerprint density at radius 1 is 0.968 bits per heavy atom. The molecule has 31 heavy (non-hydrogen) atoms. The van der Waals surface area contributed by atoms with E-state index in [2.05, 4.69) is 31.5 Å². The van der Waals surface area contributed by atoms with Gasteiger partial charge >= 0.3 is 0 Å². The van der Waals surface area contributed by atoms with Gasteiger partial charge in [0.1, 0.15) is 0 Å². The standard InChI is InChI=1S/C25H22BrN3O2/c1-16-21(22-13-19(26)10-11-23(22)28-16)14-24(30)27-15-17-6-5-7-18(12-17)25(31)29-20-8-3-2-4-9-20/h2-13,28H,14-15H2,1H3,(H,27,30)(H,29,31). The molecule has 6 heteroatoms. The Kier molecular flexibility index (Phi) is 6.18. The maximum atomic E-state index is 12.6. The highest BCUT2D eigenvalue weighted by Gasteiger charge is 2.13. The van der Waals surface area contributed by atoms with Gasteiger partial charge in [-0.2, -0.15) is 0 Å². The van der Waals surface area contributed by atoms with Crippen LogP contribution in [0.15, 0.2) is 77.3 Å². The number of aryl methyl sites for hydroxylation is 1. The Morgan fingerprint density at radius 2 is 1.77 bits per heavy atom. The number of rotatable bonds is 6. The number of halogens is 1. The fourth-order valence-electron chi connectivity index (χ4n) is 3.55. The maximum Gasteiger partial charge on any atom is 0.255 e. The molecule has 0 fully saturated rings. The molecule has 4 rings (SSSR count). The average Bonchev–Trinajstić information content (AvgIpc) is 3.07. The van der Waals surface area contributed by atoms with Crippen molar-refractivity contribution >= 4 is 44.3 Å². The summed E-state index contributed by atoms with van der Waals surface area (Å²) in [6.07, 6.45) is 0.288. The zero-order valence-electron chi connectivity index (χ0n) is 17.0. The van der Waals surface area contributed by atoms with E-state index in [1.807, 2.05) is 67.6 Å². The minimum absolute atomic E-state index is 0.0666. The third-order valence-corrected chi connectivity index (χ3v) is 5.62. The van der Waals surface area contributed by atoms with E-state index < -0.39 is 0 Å². The van der Waals surface area contributed by atoms with E-state index in [0.29, 0.717) is 12.1 Å². The molecule has 0 aliphatic carbocycles. The lowest BCUT2D eigenvalue weighted by Gasteiger charge is -2.09. The summed E-state index contributed by atoms with van der Waals surface area (Å²) in [5, 5.41) is 6.88. The second-order valence-electron chi connectivity index (χ2n) is 7.39. The molecule has 5 nitrogen and oxygen atoms in total. The topological polar surface area (TPSA) is 74.0 Å². The zero-order valence-corrected chi connectivity index (χ0v) is 18.6. The number of fused-ring (bicyclic) bond motifs is 1. The van der Waals surface area contributed by atoms with Crippen molar-refractivity contribution in [1.82, 2.24) is 10.3 Å². The molecule has 4 aromatic rings. The van der Waals surface area contributed by atoms with Crippen LogP contribution in [0.3, 0.4) is 0 Å². The molecule has 0 saturated carbocycles. The second kappa shape index (κ2) is 9.18. The zero-order chi connectivity index (χ0) is 21.8. The quantitative estimate of drug-likeness (QED) is 0.351. The van der Waals surface area contributed by atoms with Crippen molar-refractivity contribution in [3.63, 3.8) is 0 Å². The maximum absolute atomic E-state index is 12.6. The van der Waals surface area contributed by atoms with Crippen LogP contribution in [0, 0.1) is 6.92 Å². The molecule has 0 aliphatic rings. The third kappa shape index (κ3) is 5.03. The van der Waals surface area contributed by atoms with Crippen molar-refractivity contribution in [3.05, 3.63) is 99.7 Å². The fraction of sp³-hybridized carbons (Fsp3) is 0.120. The van der Waals surface area contributed by atoms with E-state index in [1.54, 1.807) is 12.1 Å². The number of amides is 2. The summed E-state index contributed by atoms with van der Waals surface area (Å²) >= 11 is 3.50. The number of aromatic nitrogens is 1. The minimum atomic E-state index is -0.181. The van der Waals surface area contributed by atoms with Crippen molar-refractivity contribution in [2.45, 2.75) is 19.9 Å². The van der Waals surface area contributed by atoms with E-state index in [-0.39, 0.29) is 18.2 Å². The van der Waals surface area contributed by atoms with Gasteiger partial charge in [0.15, 0.2) is 0 Å². The van der Waals surface area contributed by atoms with Crippen LogP contribution < -0.4 is 10.6 Å². The fourth-order valence-corrected chi connectivity index (χ4v) is 3.91. The van der Waals surface area contributed by atoms with Gasteiger partial charge in [-0.1, -0.05) is 46.3 Å². The van der Waals surface area contributed by atoms with Gasteiger partial charge in [-0.25, -0.2) is 0 Å². The molecule has 0 unspecified atom stereocenters. The largest absolute Gasteiger partial charge is 0.358 e. The monoisotopic (exact) mass is 475 g/mol. The summed E-state index contributed by atoms with van der Waals surface area (Å²) in [5.74, 6) is -0.248. The minimum Gasteiger partial charge on any atom is -0.358 e. The van der Waals surface area contributed by atoms with Crippen molar-refractivity contribution < 1.29 is 9.59 Å². The molecule has 2 amide bonds. The Labute approximate surface area is 189 Å². The first-order valence-corrected chi connectivity index (χ1v) is 10.8. The average molecular weight is 476 g/mol. The van der Waals surface area contributed by atoms with Crippen LogP contribution in [-0.2, 0) is 17.8 Å². The summed E-state index contributed by atoms with van der Waals surface area (Å²) in [6.45, 7) is 2.34. The molecular formula is C25H22BrN3O2. The smallest absolute Gasteiger partial charge is 0.255 e. The predicted molar refractivity (Wildman–Crippen MR) is 127 cm³/mol. The van der Waals surface area contributed by atoms with Gasteiger partial charge in [-0.05, 0) is 60.5 Å². The lowest BCUT2D eigenvalue weighted by Crippen LogP contribution is -2.25. The van der Waals surface area contributed by atoms with Gasteiger partial charge in [0, 0.05) is 38.9 Å². The normalized spacial score (nSPS) is 10.8. The van der Waals surface area contributed by atoms with Crippen LogP contribution in [0.5, 0.6) is 0 Å². The van der Waals surface area contributed by atoms with Gasteiger partial charge in [0.25, 0.3) is 5.91 Å². The molecule has 3 N–H and O–H groups in total. The van der Waals surface area contributed by atoms with Crippen LogP contribution in [0.2, 0.25) is 0 Å². The second-order valence-corrected chi connectivity index (χ2v) is 8.31. The highest BCUT2D eigenvalue weighted by Crippen LogP contribution is 2.26. The summed E-state index contributed by atoms with van der Waals surface area (Å²) in [6, 6.07) is 22.6. The van der Waals surface area contributed by atoms with Gasteiger partial charge in [0.2, 0.25) is 5.91 Å². The molecule has 3 aromatic carbocycles.